The maximum atomic E-state index is 12.3. The molecule has 1 atom stereocenters. The first kappa shape index (κ1) is 18.2. The molecule has 1 aliphatic rings. The average molecular weight is 381 g/mol. The van der Waals surface area contributed by atoms with Crippen LogP contribution in [-0.2, 0) is 0 Å². The lowest BCUT2D eigenvalue weighted by atomic mass is 10.1. The summed E-state index contributed by atoms with van der Waals surface area (Å²) in [6.45, 7) is 6.83. The van der Waals surface area contributed by atoms with Gasteiger partial charge in [0, 0.05) is 37.9 Å². The molecule has 4 rings (SSSR count). The smallest absolute Gasteiger partial charge is 0.322 e. The monoisotopic (exact) mass is 381 g/mol. The standard InChI is InChI=1S/C19H23N7O2/c1-13-3-5-15(6-4-13)17-23-18(28-24-17)14(2)25-7-9-26(10-8-25)19(27)22-16-11-20-21-12-16/h3-6,11-12,14H,7-10H2,1-2H3,(H,20,21)(H,22,27)/t14-/m0/s1. The number of rotatable bonds is 4. The summed E-state index contributed by atoms with van der Waals surface area (Å²) in [6.07, 6.45) is 3.23. The third-order valence-electron chi connectivity index (χ3n) is 5.01. The van der Waals surface area contributed by atoms with E-state index in [9.17, 15) is 4.79 Å². The fraction of sp³-hybridized carbons (Fsp3) is 0.368. The summed E-state index contributed by atoms with van der Waals surface area (Å²) in [5.41, 5.74) is 2.79. The number of nitrogens with one attached hydrogen (secondary N) is 2. The molecule has 0 saturated carbocycles. The van der Waals surface area contributed by atoms with Crippen LogP contribution in [0.25, 0.3) is 11.4 Å². The van der Waals surface area contributed by atoms with Crippen LogP contribution in [0, 0.1) is 6.92 Å². The summed E-state index contributed by atoms with van der Waals surface area (Å²) in [6, 6.07) is 7.92. The number of hydrogen-bond donors (Lipinski definition) is 2. The number of carbonyl (C=O) groups excluding carboxylic acids is 1. The molecule has 3 aromatic rings. The van der Waals surface area contributed by atoms with Gasteiger partial charge in [0.05, 0.1) is 17.9 Å². The maximum Gasteiger partial charge on any atom is 0.322 e. The van der Waals surface area contributed by atoms with Crippen molar-refractivity contribution in [1.29, 1.82) is 0 Å². The van der Waals surface area contributed by atoms with Crippen molar-refractivity contribution >= 4 is 11.7 Å². The maximum absolute atomic E-state index is 12.3. The highest BCUT2D eigenvalue weighted by Crippen LogP contribution is 2.24. The highest BCUT2D eigenvalue weighted by molar-refractivity contribution is 5.89. The minimum atomic E-state index is -0.117. The molecule has 9 heteroatoms. The summed E-state index contributed by atoms with van der Waals surface area (Å²) in [5.74, 6) is 1.19. The number of aromatic amines is 1. The highest BCUT2D eigenvalue weighted by Gasteiger charge is 2.28. The summed E-state index contributed by atoms with van der Waals surface area (Å²) in [5, 5.41) is 13.5. The van der Waals surface area contributed by atoms with Crippen LogP contribution in [0.5, 0.6) is 0 Å². The Balaban J connectivity index is 1.34. The molecule has 9 nitrogen and oxygen atoms in total. The van der Waals surface area contributed by atoms with Gasteiger partial charge < -0.3 is 14.7 Å². The van der Waals surface area contributed by atoms with Gasteiger partial charge in [0.25, 0.3) is 0 Å². The second kappa shape index (κ2) is 7.81. The van der Waals surface area contributed by atoms with E-state index in [4.69, 9.17) is 4.52 Å². The van der Waals surface area contributed by atoms with Crippen molar-refractivity contribution in [2.24, 2.45) is 0 Å². The van der Waals surface area contributed by atoms with Crippen molar-refractivity contribution < 1.29 is 9.32 Å². The fourth-order valence-electron chi connectivity index (χ4n) is 3.22. The van der Waals surface area contributed by atoms with Gasteiger partial charge in [0.15, 0.2) is 0 Å². The van der Waals surface area contributed by atoms with Crippen LogP contribution in [0.3, 0.4) is 0 Å². The zero-order valence-corrected chi connectivity index (χ0v) is 15.9. The Morgan fingerprint density at radius 1 is 1.21 bits per heavy atom. The number of anilines is 1. The predicted octanol–water partition coefficient (Wildman–Crippen LogP) is 2.68. The quantitative estimate of drug-likeness (QED) is 0.720. The van der Waals surface area contributed by atoms with Gasteiger partial charge >= 0.3 is 6.03 Å². The Labute approximate surface area is 162 Å². The molecule has 28 heavy (non-hydrogen) atoms. The van der Waals surface area contributed by atoms with Crippen molar-refractivity contribution in [3.63, 3.8) is 0 Å². The normalized spacial score (nSPS) is 16.1. The fourth-order valence-corrected chi connectivity index (χ4v) is 3.22. The first-order valence-electron chi connectivity index (χ1n) is 9.29. The average Bonchev–Trinajstić information content (AvgIpc) is 3.40. The van der Waals surface area contributed by atoms with Crippen molar-refractivity contribution in [3.8, 4) is 11.4 Å². The molecular formula is C19H23N7O2. The highest BCUT2D eigenvalue weighted by atomic mass is 16.5. The van der Waals surface area contributed by atoms with Gasteiger partial charge in [-0.25, -0.2) is 4.79 Å². The summed E-state index contributed by atoms with van der Waals surface area (Å²) < 4.78 is 5.50. The summed E-state index contributed by atoms with van der Waals surface area (Å²) in [4.78, 5) is 20.9. The van der Waals surface area contributed by atoms with Gasteiger partial charge in [0.1, 0.15) is 0 Å². The van der Waals surface area contributed by atoms with Crippen molar-refractivity contribution in [2.75, 3.05) is 31.5 Å². The van der Waals surface area contributed by atoms with Crippen LogP contribution in [0.2, 0.25) is 0 Å². The number of aromatic nitrogens is 4. The number of urea groups is 1. The number of carbonyl (C=O) groups is 1. The Kier molecular flexibility index (Phi) is 5.07. The number of hydrogen-bond acceptors (Lipinski definition) is 6. The molecule has 1 aliphatic heterocycles. The molecule has 3 heterocycles. The molecule has 2 amide bonds. The summed E-state index contributed by atoms with van der Waals surface area (Å²) in [7, 11) is 0. The molecular weight excluding hydrogens is 358 g/mol. The molecule has 0 bridgehead atoms. The van der Waals surface area contributed by atoms with Gasteiger partial charge in [-0.1, -0.05) is 35.0 Å². The number of aryl methyl sites for hydroxylation is 1. The Bertz CT molecular complexity index is 912. The van der Waals surface area contributed by atoms with Gasteiger partial charge in [-0.3, -0.25) is 10.00 Å². The molecule has 0 unspecified atom stereocenters. The molecule has 0 radical (unpaired) electrons. The van der Waals surface area contributed by atoms with Crippen molar-refractivity contribution in [1.82, 2.24) is 30.1 Å². The minimum absolute atomic E-state index is 0.00853. The van der Waals surface area contributed by atoms with E-state index >= 15 is 0 Å². The lowest BCUT2D eigenvalue weighted by Crippen LogP contribution is -2.50. The van der Waals surface area contributed by atoms with Crippen LogP contribution in [0.4, 0.5) is 10.5 Å². The summed E-state index contributed by atoms with van der Waals surface area (Å²) >= 11 is 0. The topological polar surface area (TPSA) is 103 Å². The predicted molar refractivity (Wildman–Crippen MR) is 104 cm³/mol. The van der Waals surface area contributed by atoms with E-state index in [2.05, 4.69) is 30.6 Å². The van der Waals surface area contributed by atoms with E-state index in [1.807, 2.05) is 38.1 Å². The van der Waals surface area contributed by atoms with Crippen LogP contribution < -0.4 is 5.32 Å². The van der Waals surface area contributed by atoms with Gasteiger partial charge in [-0.2, -0.15) is 10.1 Å². The van der Waals surface area contributed by atoms with Gasteiger partial charge in [-0.15, -0.1) is 0 Å². The Morgan fingerprint density at radius 3 is 2.64 bits per heavy atom. The first-order chi connectivity index (χ1) is 13.6. The zero-order chi connectivity index (χ0) is 19.5. The SMILES string of the molecule is Cc1ccc(-c2noc([C@H](C)N3CCN(C(=O)Nc4cn[nH]c4)CC3)n2)cc1. The van der Waals surface area contributed by atoms with E-state index in [0.29, 0.717) is 30.5 Å². The van der Waals surface area contributed by atoms with Gasteiger partial charge in [0.2, 0.25) is 11.7 Å². The largest absolute Gasteiger partial charge is 0.337 e. The van der Waals surface area contributed by atoms with Crippen molar-refractivity contribution in [3.05, 3.63) is 48.1 Å². The van der Waals surface area contributed by atoms with E-state index < -0.39 is 0 Å². The molecule has 2 aromatic heterocycles. The molecule has 1 fully saturated rings. The lowest BCUT2D eigenvalue weighted by molar-refractivity contribution is 0.104. The third kappa shape index (κ3) is 3.89. The molecule has 0 aliphatic carbocycles. The van der Waals surface area contributed by atoms with E-state index in [-0.39, 0.29) is 12.1 Å². The van der Waals surface area contributed by atoms with Crippen LogP contribution in [-0.4, -0.2) is 62.3 Å². The number of amides is 2. The van der Waals surface area contributed by atoms with E-state index in [1.54, 1.807) is 17.3 Å². The second-order valence-corrected chi connectivity index (χ2v) is 6.94. The Hall–Kier alpha value is -3.20. The van der Waals surface area contributed by atoms with Crippen LogP contribution in [0.15, 0.2) is 41.2 Å². The number of nitrogens with zero attached hydrogens (tertiary/aromatic N) is 5. The van der Waals surface area contributed by atoms with Crippen LogP contribution >= 0.6 is 0 Å². The second-order valence-electron chi connectivity index (χ2n) is 6.94. The first-order valence-corrected chi connectivity index (χ1v) is 9.29. The number of H-pyrrole nitrogens is 1. The number of piperazine rings is 1. The van der Waals surface area contributed by atoms with Crippen molar-refractivity contribution in [2.45, 2.75) is 19.9 Å². The molecule has 2 N–H and O–H groups in total. The zero-order valence-electron chi connectivity index (χ0n) is 15.9. The lowest BCUT2D eigenvalue weighted by Gasteiger charge is -2.36. The van der Waals surface area contributed by atoms with E-state index in [1.165, 1.54) is 5.56 Å². The van der Waals surface area contributed by atoms with Crippen LogP contribution in [0.1, 0.15) is 24.4 Å². The minimum Gasteiger partial charge on any atom is -0.337 e. The van der Waals surface area contributed by atoms with Gasteiger partial charge in [-0.05, 0) is 13.8 Å². The molecule has 146 valence electrons. The Morgan fingerprint density at radius 2 is 1.96 bits per heavy atom. The number of benzene rings is 1. The molecule has 0 spiro atoms. The van der Waals surface area contributed by atoms with E-state index in [0.717, 1.165) is 18.7 Å². The third-order valence-corrected chi connectivity index (χ3v) is 5.01. The molecule has 1 aromatic carbocycles. The molecule has 1 saturated heterocycles.